The summed E-state index contributed by atoms with van der Waals surface area (Å²) in [7, 11) is 0. The fraction of sp³-hybridized carbons (Fsp3) is 0.316. The van der Waals surface area contributed by atoms with E-state index in [4.69, 9.17) is 10.2 Å². The summed E-state index contributed by atoms with van der Waals surface area (Å²) in [5.41, 5.74) is 2.06. The fourth-order valence-corrected chi connectivity index (χ4v) is 4.66. The number of nitriles is 1. The van der Waals surface area contributed by atoms with Crippen molar-refractivity contribution < 1.29 is 0 Å². The van der Waals surface area contributed by atoms with Gasteiger partial charge in [-0.05, 0) is 43.4 Å². The van der Waals surface area contributed by atoms with Gasteiger partial charge in [0.15, 0.2) is 0 Å². The summed E-state index contributed by atoms with van der Waals surface area (Å²) in [5, 5.41) is 13.2. The number of aromatic nitrogens is 2. The molecule has 0 aliphatic heterocycles. The zero-order chi connectivity index (χ0) is 17.2. The fourth-order valence-electron chi connectivity index (χ4n) is 3.39. The van der Waals surface area contributed by atoms with Gasteiger partial charge in [0, 0.05) is 10.6 Å². The quantitative estimate of drug-likeness (QED) is 0.782. The highest BCUT2D eigenvalue weighted by atomic mass is 32.1. The largest absolute Gasteiger partial charge is 0.378 e. The number of nitrogens with zero attached hydrogens (tertiary/aromatic N) is 3. The standard InChI is InChI=1S/C19H18N4OS/c20-10-11-23-16(12-21-13-6-2-1-3-7-13)22-18-17(19(23)24)14-8-4-5-9-15(14)25-18/h1-3,6-7,21H,4-5,8-9,11-12H2. The molecule has 0 bridgehead atoms. The maximum atomic E-state index is 13.0. The number of aryl methyl sites for hydroxylation is 2. The Balaban J connectivity index is 1.79. The highest BCUT2D eigenvalue weighted by Gasteiger charge is 2.21. The molecule has 2 heterocycles. The van der Waals surface area contributed by atoms with E-state index < -0.39 is 0 Å². The van der Waals surface area contributed by atoms with Gasteiger partial charge in [0.2, 0.25) is 0 Å². The molecule has 1 aromatic carbocycles. The van der Waals surface area contributed by atoms with E-state index in [1.54, 1.807) is 11.3 Å². The van der Waals surface area contributed by atoms with Crippen LogP contribution >= 0.6 is 11.3 Å². The number of anilines is 1. The zero-order valence-electron chi connectivity index (χ0n) is 13.8. The molecule has 0 fully saturated rings. The monoisotopic (exact) mass is 350 g/mol. The molecule has 1 aliphatic carbocycles. The van der Waals surface area contributed by atoms with Crippen molar-refractivity contribution in [3.05, 3.63) is 57.0 Å². The van der Waals surface area contributed by atoms with Gasteiger partial charge in [-0.25, -0.2) is 4.98 Å². The van der Waals surface area contributed by atoms with Crippen LogP contribution in [0.15, 0.2) is 35.1 Å². The van der Waals surface area contributed by atoms with Crippen molar-refractivity contribution in [3.63, 3.8) is 0 Å². The average Bonchev–Trinajstić information content (AvgIpc) is 3.02. The molecule has 0 saturated carbocycles. The van der Waals surface area contributed by atoms with Crippen molar-refractivity contribution in [1.82, 2.24) is 9.55 Å². The van der Waals surface area contributed by atoms with Crippen molar-refractivity contribution in [3.8, 4) is 6.07 Å². The number of fused-ring (bicyclic) bond motifs is 3. The first kappa shape index (κ1) is 15.9. The maximum absolute atomic E-state index is 13.0. The van der Waals surface area contributed by atoms with Crippen molar-refractivity contribution in [2.45, 2.75) is 38.8 Å². The van der Waals surface area contributed by atoms with Crippen LogP contribution in [0.5, 0.6) is 0 Å². The van der Waals surface area contributed by atoms with Gasteiger partial charge >= 0.3 is 0 Å². The maximum Gasteiger partial charge on any atom is 0.263 e. The summed E-state index contributed by atoms with van der Waals surface area (Å²) in [6.07, 6.45) is 4.27. The highest BCUT2D eigenvalue weighted by Crippen LogP contribution is 2.33. The van der Waals surface area contributed by atoms with E-state index in [2.05, 4.69) is 11.4 Å². The van der Waals surface area contributed by atoms with Gasteiger partial charge in [-0.3, -0.25) is 9.36 Å². The van der Waals surface area contributed by atoms with Crippen LogP contribution in [-0.4, -0.2) is 9.55 Å². The van der Waals surface area contributed by atoms with E-state index in [0.29, 0.717) is 12.4 Å². The number of nitrogens with one attached hydrogen (secondary N) is 1. The Labute approximate surface area is 149 Å². The minimum atomic E-state index is -0.0733. The molecule has 126 valence electrons. The van der Waals surface area contributed by atoms with Gasteiger partial charge in [-0.1, -0.05) is 18.2 Å². The number of thiophene rings is 1. The Morgan fingerprint density at radius 2 is 2.04 bits per heavy atom. The topological polar surface area (TPSA) is 70.7 Å². The lowest BCUT2D eigenvalue weighted by molar-refractivity contribution is 0.692. The van der Waals surface area contributed by atoms with Crippen LogP contribution in [-0.2, 0) is 25.9 Å². The van der Waals surface area contributed by atoms with Gasteiger partial charge in [0.25, 0.3) is 5.56 Å². The number of benzene rings is 1. The van der Waals surface area contributed by atoms with Crippen LogP contribution < -0.4 is 10.9 Å². The molecular formula is C19H18N4OS. The minimum Gasteiger partial charge on any atom is -0.378 e. The van der Waals surface area contributed by atoms with Crippen LogP contribution in [0.25, 0.3) is 10.2 Å². The lowest BCUT2D eigenvalue weighted by atomic mass is 9.97. The first-order chi connectivity index (χ1) is 12.3. The Morgan fingerprint density at radius 1 is 1.24 bits per heavy atom. The first-order valence-corrected chi connectivity index (χ1v) is 9.29. The van der Waals surface area contributed by atoms with E-state index in [9.17, 15) is 4.79 Å². The van der Waals surface area contributed by atoms with Crippen molar-refractivity contribution >= 4 is 27.2 Å². The molecule has 0 amide bonds. The smallest absolute Gasteiger partial charge is 0.263 e. The average molecular weight is 350 g/mol. The molecule has 0 unspecified atom stereocenters. The third-order valence-electron chi connectivity index (χ3n) is 4.61. The summed E-state index contributed by atoms with van der Waals surface area (Å²) in [6.45, 7) is 0.442. The molecule has 0 atom stereocenters. The predicted molar refractivity (Wildman–Crippen MR) is 99.9 cm³/mol. The second kappa shape index (κ2) is 6.69. The summed E-state index contributed by atoms with van der Waals surface area (Å²) in [5.74, 6) is 0.612. The Morgan fingerprint density at radius 3 is 2.84 bits per heavy atom. The molecule has 1 N–H and O–H groups in total. The van der Waals surface area contributed by atoms with Crippen LogP contribution in [0.4, 0.5) is 5.69 Å². The lowest BCUT2D eigenvalue weighted by Gasteiger charge is -2.12. The molecule has 0 spiro atoms. The molecule has 2 aromatic heterocycles. The number of rotatable bonds is 4. The van der Waals surface area contributed by atoms with E-state index in [-0.39, 0.29) is 12.1 Å². The molecular weight excluding hydrogens is 332 g/mol. The molecule has 3 aromatic rings. The molecule has 4 rings (SSSR count). The summed E-state index contributed by atoms with van der Waals surface area (Å²) >= 11 is 1.64. The summed E-state index contributed by atoms with van der Waals surface area (Å²) in [4.78, 5) is 19.9. The van der Waals surface area contributed by atoms with Crippen molar-refractivity contribution in [1.29, 1.82) is 5.26 Å². The number of para-hydroxylation sites is 1. The molecule has 25 heavy (non-hydrogen) atoms. The first-order valence-electron chi connectivity index (χ1n) is 8.48. The van der Waals surface area contributed by atoms with Gasteiger partial charge in [-0.2, -0.15) is 5.26 Å². The SMILES string of the molecule is N#CCn1c(CNc2ccccc2)nc2sc3c(c2c1=O)CCCC3. The van der Waals surface area contributed by atoms with Crippen LogP contribution in [0.3, 0.4) is 0 Å². The normalized spacial score (nSPS) is 13.4. The van der Waals surface area contributed by atoms with E-state index in [1.807, 2.05) is 30.3 Å². The summed E-state index contributed by atoms with van der Waals surface area (Å²) in [6, 6.07) is 11.9. The Bertz CT molecular complexity index is 1010. The third kappa shape index (κ3) is 2.92. The second-order valence-corrected chi connectivity index (χ2v) is 7.27. The van der Waals surface area contributed by atoms with Crippen molar-refractivity contribution in [2.24, 2.45) is 0 Å². The van der Waals surface area contributed by atoms with Crippen LogP contribution in [0, 0.1) is 11.3 Å². The van der Waals surface area contributed by atoms with E-state index in [1.165, 1.54) is 15.9 Å². The lowest BCUT2D eigenvalue weighted by Crippen LogP contribution is -2.26. The molecule has 5 nitrogen and oxygen atoms in total. The second-order valence-electron chi connectivity index (χ2n) is 6.19. The zero-order valence-corrected chi connectivity index (χ0v) is 14.6. The molecule has 1 aliphatic rings. The molecule has 6 heteroatoms. The van der Waals surface area contributed by atoms with Gasteiger partial charge < -0.3 is 5.32 Å². The third-order valence-corrected chi connectivity index (χ3v) is 5.79. The Hall–Kier alpha value is -2.65. The highest BCUT2D eigenvalue weighted by molar-refractivity contribution is 7.18. The molecule has 0 saturated heterocycles. The number of hydrogen-bond donors (Lipinski definition) is 1. The van der Waals surface area contributed by atoms with E-state index >= 15 is 0 Å². The number of hydrogen-bond acceptors (Lipinski definition) is 5. The van der Waals surface area contributed by atoms with Crippen molar-refractivity contribution in [2.75, 3.05) is 5.32 Å². The minimum absolute atomic E-state index is 0.0260. The molecule has 0 radical (unpaired) electrons. The van der Waals surface area contributed by atoms with Crippen LogP contribution in [0.2, 0.25) is 0 Å². The predicted octanol–water partition coefficient (Wildman–Crippen LogP) is 3.47. The van der Waals surface area contributed by atoms with Gasteiger partial charge in [0.1, 0.15) is 17.2 Å². The van der Waals surface area contributed by atoms with Gasteiger partial charge in [-0.15, -0.1) is 11.3 Å². The Kier molecular flexibility index (Phi) is 4.24. The van der Waals surface area contributed by atoms with Crippen LogP contribution in [0.1, 0.15) is 29.1 Å². The van der Waals surface area contributed by atoms with Gasteiger partial charge in [0.05, 0.1) is 18.0 Å². The van der Waals surface area contributed by atoms with E-state index in [0.717, 1.165) is 40.7 Å². The summed E-state index contributed by atoms with van der Waals surface area (Å²) < 4.78 is 1.51.